The van der Waals surface area contributed by atoms with Crippen molar-refractivity contribution in [2.45, 2.75) is 19.4 Å². The normalized spacial score (nSPS) is 16.3. The lowest BCUT2D eigenvalue weighted by Crippen LogP contribution is -2.45. The fourth-order valence-corrected chi connectivity index (χ4v) is 2.60. The van der Waals surface area contributed by atoms with Crippen LogP contribution in [0.3, 0.4) is 0 Å². The summed E-state index contributed by atoms with van der Waals surface area (Å²) < 4.78 is 11.1. The summed E-state index contributed by atoms with van der Waals surface area (Å²) in [5.41, 5.74) is 1.49. The van der Waals surface area contributed by atoms with E-state index >= 15 is 0 Å². The van der Waals surface area contributed by atoms with Crippen LogP contribution in [-0.2, 0) is 0 Å². The van der Waals surface area contributed by atoms with Crippen LogP contribution in [0.25, 0.3) is 0 Å². The molecule has 0 saturated carbocycles. The zero-order valence-corrected chi connectivity index (χ0v) is 13.3. The number of nitrogens with zero attached hydrogens (tertiary/aromatic N) is 1. The van der Waals surface area contributed by atoms with Gasteiger partial charge in [0.2, 0.25) is 0 Å². The van der Waals surface area contributed by atoms with Crippen molar-refractivity contribution in [2.24, 2.45) is 0 Å². The van der Waals surface area contributed by atoms with Crippen LogP contribution in [-0.4, -0.2) is 25.8 Å². The van der Waals surface area contributed by atoms with Crippen molar-refractivity contribution in [1.82, 2.24) is 0 Å². The second-order valence-corrected chi connectivity index (χ2v) is 5.39. The molecule has 2 aromatic carbocycles. The summed E-state index contributed by atoms with van der Waals surface area (Å²) in [7, 11) is 1.60. The first kappa shape index (κ1) is 15.2. The third-order valence-corrected chi connectivity index (χ3v) is 3.86. The van der Waals surface area contributed by atoms with E-state index in [4.69, 9.17) is 9.47 Å². The summed E-state index contributed by atoms with van der Waals surface area (Å²) >= 11 is 0. The number of fused-ring (bicyclic) bond motifs is 1. The van der Waals surface area contributed by atoms with Crippen LogP contribution in [0.1, 0.15) is 13.3 Å². The molecular formula is C18H20N2O3. The van der Waals surface area contributed by atoms with Gasteiger partial charge >= 0.3 is 6.03 Å². The van der Waals surface area contributed by atoms with Crippen LogP contribution >= 0.6 is 0 Å². The number of hydrogen-bond donors (Lipinski definition) is 1. The Bertz CT molecular complexity index is 702. The van der Waals surface area contributed by atoms with Gasteiger partial charge in [0.05, 0.1) is 19.3 Å². The van der Waals surface area contributed by atoms with Gasteiger partial charge in [-0.15, -0.1) is 0 Å². The lowest BCUT2D eigenvalue weighted by atomic mass is 10.1. The Hall–Kier alpha value is -2.69. The third-order valence-electron chi connectivity index (χ3n) is 3.86. The van der Waals surface area contributed by atoms with Crippen LogP contribution < -0.4 is 19.7 Å². The van der Waals surface area contributed by atoms with E-state index in [0.29, 0.717) is 18.0 Å². The fourth-order valence-electron chi connectivity index (χ4n) is 2.60. The monoisotopic (exact) mass is 312 g/mol. The maximum atomic E-state index is 12.7. The molecule has 23 heavy (non-hydrogen) atoms. The van der Waals surface area contributed by atoms with E-state index in [-0.39, 0.29) is 12.1 Å². The molecule has 1 N–H and O–H groups in total. The van der Waals surface area contributed by atoms with Gasteiger partial charge in [-0.05, 0) is 30.7 Å². The van der Waals surface area contributed by atoms with Crippen molar-refractivity contribution in [2.75, 3.05) is 23.9 Å². The van der Waals surface area contributed by atoms with Crippen molar-refractivity contribution in [3.8, 4) is 11.5 Å². The predicted octanol–water partition coefficient (Wildman–Crippen LogP) is 3.90. The third kappa shape index (κ3) is 3.23. The lowest BCUT2D eigenvalue weighted by molar-refractivity contribution is 0.188. The molecule has 0 fully saturated rings. The molecule has 5 nitrogen and oxygen atoms in total. The van der Waals surface area contributed by atoms with Crippen molar-refractivity contribution < 1.29 is 14.3 Å². The van der Waals surface area contributed by atoms with Gasteiger partial charge in [-0.1, -0.05) is 25.1 Å². The number of anilines is 2. The highest BCUT2D eigenvalue weighted by molar-refractivity contribution is 6.03. The van der Waals surface area contributed by atoms with Gasteiger partial charge in [0, 0.05) is 11.8 Å². The molecule has 0 aromatic heterocycles. The molecule has 0 saturated heterocycles. The highest BCUT2D eigenvalue weighted by Gasteiger charge is 2.28. The van der Waals surface area contributed by atoms with E-state index < -0.39 is 0 Å². The summed E-state index contributed by atoms with van der Waals surface area (Å²) in [5.74, 6) is 1.45. The molecule has 2 aromatic rings. The van der Waals surface area contributed by atoms with E-state index in [2.05, 4.69) is 12.2 Å². The van der Waals surface area contributed by atoms with Gasteiger partial charge in [0.15, 0.2) is 0 Å². The Labute approximate surface area is 135 Å². The maximum absolute atomic E-state index is 12.7. The summed E-state index contributed by atoms with van der Waals surface area (Å²) in [6, 6.07) is 14.7. The Kier molecular flexibility index (Phi) is 4.37. The Morgan fingerprint density at radius 2 is 2.13 bits per heavy atom. The van der Waals surface area contributed by atoms with E-state index in [1.165, 1.54) is 0 Å². The van der Waals surface area contributed by atoms with Crippen LogP contribution in [0.2, 0.25) is 0 Å². The highest BCUT2D eigenvalue weighted by Crippen LogP contribution is 2.34. The molecule has 0 unspecified atom stereocenters. The van der Waals surface area contributed by atoms with Crippen LogP contribution in [0.15, 0.2) is 48.5 Å². The summed E-state index contributed by atoms with van der Waals surface area (Å²) in [4.78, 5) is 14.4. The van der Waals surface area contributed by atoms with Crippen molar-refractivity contribution in [3.05, 3.63) is 48.5 Å². The molecule has 0 bridgehead atoms. The number of urea groups is 1. The number of rotatable bonds is 3. The van der Waals surface area contributed by atoms with Gasteiger partial charge in [-0.2, -0.15) is 0 Å². The quantitative estimate of drug-likeness (QED) is 0.935. The van der Waals surface area contributed by atoms with Crippen molar-refractivity contribution in [3.63, 3.8) is 0 Å². The van der Waals surface area contributed by atoms with Crippen molar-refractivity contribution >= 4 is 17.4 Å². The lowest BCUT2D eigenvalue weighted by Gasteiger charge is -2.34. The Morgan fingerprint density at radius 3 is 2.91 bits per heavy atom. The van der Waals surface area contributed by atoms with Crippen LogP contribution in [0.5, 0.6) is 11.5 Å². The standard InChI is InChI=1S/C18H20N2O3/c1-3-14-12-20(16-9-4-5-10-17(16)23-14)18(21)19-13-7-6-8-15(11-13)22-2/h4-11,14H,3,12H2,1-2H3,(H,19,21)/t14-/m1/s1. The molecule has 1 atom stereocenters. The van der Waals surface area contributed by atoms with Gasteiger partial charge in [0.25, 0.3) is 0 Å². The molecular weight excluding hydrogens is 292 g/mol. The van der Waals surface area contributed by atoms with Gasteiger partial charge in [-0.3, -0.25) is 4.90 Å². The largest absolute Gasteiger partial charge is 0.497 e. The molecule has 1 heterocycles. The summed E-state index contributed by atoms with van der Waals surface area (Å²) in [6.07, 6.45) is 0.845. The van der Waals surface area contributed by atoms with Gasteiger partial charge < -0.3 is 14.8 Å². The minimum atomic E-state index is -0.174. The fraction of sp³-hybridized carbons (Fsp3) is 0.278. The molecule has 3 rings (SSSR count). The average molecular weight is 312 g/mol. The SMILES string of the molecule is CC[C@@H]1CN(C(=O)Nc2cccc(OC)c2)c2ccccc2O1. The topological polar surface area (TPSA) is 50.8 Å². The van der Waals surface area contributed by atoms with E-state index in [0.717, 1.165) is 17.9 Å². The molecule has 2 amide bonds. The second kappa shape index (κ2) is 6.60. The number of nitrogens with one attached hydrogen (secondary N) is 1. The Morgan fingerprint density at radius 1 is 1.30 bits per heavy atom. The number of methoxy groups -OCH3 is 1. The summed E-state index contributed by atoms with van der Waals surface area (Å²) in [5, 5.41) is 2.92. The molecule has 0 radical (unpaired) electrons. The Balaban J connectivity index is 1.83. The average Bonchev–Trinajstić information content (AvgIpc) is 2.60. The summed E-state index contributed by atoms with van der Waals surface area (Å²) in [6.45, 7) is 2.58. The van der Waals surface area contributed by atoms with Crippen LogP contribution in [0.4, 0.5) is 16.2 Å². The molecule has 0 spiro atoms. The maximum Gasteiger partial charge on any atom is 0.326 e. The molecule has 0 aliphatic carbocycles. The van der Waals surface area contributed by atoms with Gasteiger partial charge in [-0.25, -0.2) is 4.79 Å². The first-order chi connectivity index (χ1) is 11.2. The molecule has 1 aliphatic rings. The number of hydrogen-bond acceptors (Lipinski definition) is 3. The first-order valence-corrected chi connectivity index (χ1v) is 7.69. The van der Waals surface area contributed by atoms with Crippen LogP contribution in [0, 0.1) is 0 Å². The highest BCUT2D eigenvalue weighted by atomic mass is 16.5. The zero-order valence-electron chi connectivity index (χ0n) is 13.3. The molecule has 120 valence electrons. The predicted molar refractivity (Wildman–Crippen MR) is 90.5 cm³/mol. The number of ether oxygens (including phenoxy) is 2. The van der Waals surface area contributed by atoms with Crippen molar-refractivity contribution in [1.29, 1.82) is 0 Å². The number of para-hydroxylation sites is 2. The van der Waals surface area contributed by atoms with E-state index in [1.807, 2.05) is 42.5 Å². The number of carbonyl (C=O) groups excluding carboxylic acids is 1. The number of carbonyl (C=O) groups is 1. The number of amides is 2. The molecule has 5 heteroatoms. The second-order valence-electron chi connectivity index (χ2n) is 5.39. The van der Waals surface area contributed by atoms with E-state index in [9.17, 15) is 4.79 Å². The minimum Gasteiger partial charge on any atom is -0.497 e. The van der Waals surface area contributed by atoms with Gasteiger partial charge in [0.1, 0.15) is 17.6 Å². The first-order valence-electron chi connectivity index (χ1n) is 7.69. The smallest absolute Gasteiger partial charge is 0.326 e. The van der Waals surface area contributed by atoms with E-state index in [1.54, 1.807) is 18.1 Å². The zero-order chi connectivity index (χ0) is 16.2. The number of benzene rings is 2. The minimum absolute atomic E-state index is 0.000888. The molecule has 1 aliphatic heterocycles.